The van der Waals surface area contributed by atoms with Crippen molar-refractivity contribution in [1.29, 1.82) is 0 Å². The standard InChI is InChI=1S/C19H20ClN3O4.ClH/c20-15-3-6-18(17(11-15)23(25)26)27-16-4-1-14(2-5-16)19(24)22-10-8-13-7-9-21-12-13;/h1-6,11,13,21H,7-10,12H2,(H,22,24);1H. The summed E-state index contributed by atoms with van der Waals surface area (Å²) in [5.41, 5.74) is 0.295. The molecular weight excluding hydrogens is 405 g/mol. The highest BCUT2D eigenvalue weighted by atomic mass is 35.5. The van der Waals surface area contributed by atoms with Crippen LogP contribution in [0.4, 0.5) is 5.69 Å². The number of nitrogens with zero attached hydrogens (tertiary/aromatic N) is 1. The Morgan fingerprint density at radius 1 is 1.29 bits per heavy atom. The summed E-state index contributed by atoms with van der Waals surface area (Å²) < 4.78 is 5.57. The van der Waals surface area contributed by atoms with E-state index in [-0.39, 0.29) is 34.8 Å². The number of hydrogen-bond acceptors (Lipinski definition) is 5. The number of benzene rings is 2. The number of nitro groups is 1. The van der Waals surface area contributed by atoms with Crippen molar-refractivity contribution in [3.8, 4) is 11.5 Å². The molecule has 1 atom stereocenters. The van der Waals surface area contributed by atoms with E-state index in [1.165, 1.54) is 18.2 Å². The molecule has 2 N–H and O–H groups in total. The van der Waals surface area contributed by atoms with Crippen molar-refractivity contribution in [2.75, 3.05) is 19.6 Å². The van der Waals surface area contributed by atoms with Crippen LogP contribution in [0.1, 0.15) is 23.2 Å². The molecule has 2 aromatic rings. The van der Waals surface area contributed by atoms with Crippen molar-refractivity contribution in [3.63, 3.8) is 0 Å². The van der Waals surface area contributed by atoms with Gasteiger partial charge in [-0.05, 0) is 68.2 Å². The summed E-state index contributed by atoms with van der Waals surface area (Å²) in [5.74, 6) is 0.960. The number of ether oxygens (including phenoxy) is 1. The molecule has 0 aliphatic carbocycles. The van der Waals surface area contributed by atoms with Gasteiger partial charge in [0.25, 0.3) is 5.91 Å². The Labute approximate surface area is 174 Å². The minimum absolute atomic E-state index is 0. The van der Waals surface area contributed by atoms with E-state index in [0.717, 1.165) is 25.9 Å². The fraction of sp³-hybridized carbons (Fsp3) is 0.316. The van der Waals surface area contributed by atoms with Crippen LogP contribution >= 0.6 is 24.0 Å². The minimum atomic E-state index is -0.553. The number of hydrogen-bond donors (Lipinski definition) is 2. The van der Waals surface area contributed by atoms with Crippen LogP contribution in [0.2, 0.25) is 5.02 Å². The topological polar surface area (TPSA) is 93.5 Å². The first kappa shape index (κ1) is 21.9. The van der Waals surface area contributed by atoms with Crippen LogP contribution in [-0.2, 0) is 0 Å². The SMILES string of the molecule is Cl.O=C(NCCC1CCNC1)c1ccc(Oc2ccc(Cl)cc2[N+](=O)[O-])cc1. The van der Waals surface area contributed by atoms with E-state index in [1.54, 1.807) is 24.3 Å². The van der Waals surface area contributed by atoms with Gasteiger partial charge in [0, 0.05) is 23.2 Å². The first-order valence-electron chi connectivity index (χ1n) is 8.73. The second kappa shape index (κ2) is 10.3. The van der Waals surface area contributed by atoms with Crippen LogP contribution in [-0.4, -0.2) is 30.5 Å². The molecule has 1 unspecified atom stereocenters. The third kappa shape index (κ3) is 5.82. The number of rotatable bonds is 7. The highest BCUT2D eigenvalue weighted by molar-refractivity contribution is 6.30. The number of nitrogens with one attached hydrogen (secondary N) is 2. The third-order valence-electron chi connectivity index (χ3n) is 4.46. The number of halogens is 2. The van der Waals surface area contributed by atoms with Gasteiger partial charge in [-0.25, -0.2) is 0 Å². The van der Waals surface area contributed by atoms with Crippen LogP contribution < -0.4 is 15.4 Å². The molecule has 0 radical (unpaired) electrons. The molecule has 0 saturated carbocycles. The third-order valence-corrected chi connectivity index (χ3v) is 4.70. The van der Waals surface area contributed by atoms with Crippen molar-refractivity contribution >= 4 is 35.6 Å². The Morgan fingerprint density at radius 2 is 2.04 bits per heavy atom. The quantitative estimate of drug-likeness (QED) is 0.512. The molecule has 0 bridgehead atoms. The average Bonchev–Trinajstić information content (AvgIpc) is 3.17. The highest BCUT2D eigenvalue weighted by Crippen LogP contribution is 2.33. The van der Waals surface area contributed by atoms with E-state index in [0.29, 0.717) is 23.8 Å². The predicted molar refractivity (Wildman–Crippen MR) is 110 cm³/mol. The van der Waals surface area contributed by atoms with E-state index < -0.39 is 4.92 Å². The molecule has 28 heavy (non-hydrogen) atoms. The molecule has 7 nitrogen and oxygen atoms in total. The van der Waals surface area contributed by atoms with Gasteiger partial charge in [0.1, 0.15) is 5.75 Å². The summed E-state index contributed by atoms with van der Waals surface area (Å²) in [6.45, 7) is 2.70. The lowest BCUT2D eigenvalue weighted by atomic mass is 10.1. The van der Waals surface area contributed by atoms with E-state index in [1.807, 2.05) is 0 Å². The first-order valence-corrected chi connectivity index (χ1v) is 9.11. The smallest absolute Gasteiger partial charge is 0.313 e. The second-order valence-electron chi connectivity index (χ2n) is 6.40. The molecule has 1 fully saturated rings. The summed E-state index contributed by atoms with van der Waals surface area (Å²) in [6, 6.07) is 10.7. The lowest BCUT2D eigenvalue weighted by Gasteiger charge is -2.10. The molecule has 1 aliphatic heterocycles. The zero-order valence-corrected chi connectivity index (χ0v) is 16.6. The number of carbonyl (C=O) groups excluding carboxylic acids is 1. The minimum Gasteiger partial charge on any atom is -0.450 e. The summed E-state index contributed by atoms with van der Waals surface area (Å²) >= 11 is 5.79. The summed E-state index contributed by atoms with van der Waals surface area (Å²) in [4.78, 5) is 22.8. The van der Waals surface area contributed by atoms with Crippen molar-refractivity contribution < 1.29 is 14.5 Å². The number of carbonyl (C=O) groups is 1. The Kier molecular flexibility index (Phi) is 8.04. The molecule has 1 saturated heterocycles. The van der Waals surface area contributed by atoms with Gasteiger partial charge in [-0.15, -0.1) is 12.4 Å². The van der Waals surface area contributed by atoms with Gasteiger partial charge in [0.05, 0.1) is 4.92 Å². The zero-order valence-electron chi connectivity index (χ0n) is 15.0. The predicted octanol–water partition coefficient (Wildman–Crippen LogP) is 4.19. The van der Waals surface area contributed by atoms with Crippen LogP contribution in [0.25, 0.3) is 0 Å². The molecule has 150 valence electrons. The number of amides is 1. The van der Waals surface area contributed by atoms with Crippen LogP contribution in [0, 0.1) is 16.0 Å². The molecule has 0 aromatic heterocycles. The molecular formula is C19H21Cl2N3O4. The maximum Gasteiger partial charge on any atom is 0.313 e. The lowest BCUT2D eigenvalue weighted by Crippen LogP contribution is -2.26. The van der Waals surface area contributed by atoms with Crippen LogP contribution in [0.5, 0.6) is 11.5 Å². The van der Waals surface area contributed by atoms with Gasteiger partial charge in [-0.2, -0.15) is 0 Å². The second-order valence-corrected chi connectivity index (χ2v) is 6.84. The van der Waals surface area contributed by atoms with Gasteiger partial charge in [0.2, 0.25) is 5.75 Å². The van der Waals surface area contributed by atoms with Crippen molar-refractivity contribution in [3.05, 3.63) is 63.2 Å². The van der Waals surface area contributed by atoms with Gasteiger partial charge in [-0.3, -0.25) is 14.9 Å². The zero-order chi connectivity index (χ0) is 19.2. The fourth-order valence-electron chi connectivity index (χ4n) is 2.97. The monoisotopic (exact) mass is 425 g/mol. The van der Waals surface area contributed by atoms with Gasteiger partial charge in [-0.1, -0.05) is 11.6 Å². The first-order chi connectivity index (χ1) is 13.0. The Morgan fingerprint density at radius 3 is 2.68 bits per heavy atom. The molecule has 1 aliphatic rings. The van der Waals surface area contributed by atoms with Gasteiger partial charge < -0.3 is 15.4 Å². The normalized spacial score (nSPS) is 15.5. The van der Waals surface area contributed by atoms with Gasteiger partial charge >= 0.3 is 5.69 Å². The summed E-state index contributed by atoms with van der Waals surface area (Å²) in [6.07, 6.45) is 2.11. The van der Waals surface area contributed by atoms with Crippen LogP contribution in [0.3, 0.4) is 0 Å². The molecule has 0 spiro atoms. The lowest BCUT2D eigenvalue weighted by molar-refractivity contribution is -0.385. The van der Waals surface area contributed by atoms with E-state index in [4.69, 9.17) is 16.3 Å². The van der Waals surface area contributed by atoms with Crippen molar-refractivity contribution in [2.24, 2.45) is 5.92 Å². The van der Waals surface area contributed by atoms with Crippen molar-refractivity contribution in [1.82, 2.24) is 10.6 Å². The maximum absolute atomic E-state index is 12.2. The fourth-order valence-corrected chi connectivity index (χ4v) is 3.14. The molecule has 3 rings (SSSR count). The van der Waals surface area contributed by atoms with Gasteiger partial charge in [0.15, 0.2) is 0 Å². The van der Waals surface area contributed by atoms with Crippen LogP contribution in [0.15, 0.2) is 42.5 Å². The number of nitro benzene ring substituents is 1. The van der Waals surface area contributed by atoms with E-state index in [2.05, 4.69) is 10.6 Å². The van der Waals surface area contributed by atoms with Crippen molar-refractivity contribution in [2.45, 2.75) is 12.8 Å². The highest BCUT2D eigenvalue weighted by Gasteiger charge is 2.17. The Bertz CT molecular complexity index is 824. The van der Waals surface area contributed by atoms with E-state index >= 15 is 0 Å². The molecule has 1 amide bonds. The van der Waals surface area contributed by atoms with E-state index in [9.17, 15) is 14.9 Å². The molecule has 1 heterocycles. The largest absolute Gasteiger partial charge is 0.450 e. The Balaban J connectivity index is 0.00000280. The summed E-state index contributed by atoms with van der Waals surface area (Å²) in [7, 11) is 0. The summed E-state index contributed by atoms with van der Waals surface area (Å²) in [5, 5.41) is 17.6. The maximum atomic E-state index is 12.2. The molecule has 2 aromatic carbocycles. The molecule has 9 heteroatoms. The average molecular weight is 426 g/mol. The Hall–Kier alpha value is -2.35.